The number of rotatable bonds is 18. The fourth-order valence-electron chi connectivity index (χ4n) is 1.97. The van der Waals surface area contributed by atoms with E-state index in [0.29, 0.717) is 77.0 Å². The fraction of sp³-hybridized carbons (Fsp3) is 0.600. The van der Waals surface area contributed by atoms with Crippen LogP contribution in [0.3, 0.4) is 0 Å². The average molecular weight is 1070 g/mol. The van der Waals surface area contributed by atoms with Crippen LogP contribution in [0.15, 0.2) is 0 Å². The van der Waals surface area contributed by atoms with Crippen LogP contribution in [0.25, 0.3) is 0 Å². The van der Waals surface area contributed by atoms with E-state index in [4.69, 9.17) is 0 Å². The molecule has 50 heavy (non-hydrogen) atoms. The van der Waals surface area contributed by atoms with Gasteiger partial charge >= 0.3 is 83.5 Å². The van der Waals surface area contributed by atoms with Gasteiger partial charge in [0.15, 0.2) is 34.7 Å². The second-order valence-electron chi connectivity index (χ2n) is 8.76. The van der Waals surface area contributed by atoms with Crippen molar-refractivity contribution in [2.24, 2.45) is 0 Å². The number of ketones is 6. The molecule has 0 aromatic heterocycles. The third-order valence-corrected chi connectivity index (χ3v) is 5.59. The number of hydrogen-bond acceptors (Lipinski definition) is 18. The molecular formula is C30H42Ce2O12S6. The summed E-state index contributed by atoms with van der Waals surface area (Å²) in [5.41, 5.74) is 0. The molecule has 0 rings (SSSR count). The summed E-state index contributed by atoms with van der Waals surface area (Å²) in [6.07, 6.45) is 5.94. The Morgan fingerprint density at radius 1 is 0.260 bits per heavy atom. The van der Waals surface area contributed by atoms with Crippen LogP contribution in [-0.4, -0.2) is 65.4 Å². The van der Waals surface area contributed by atoms with Gasteiger partial charge in [0.2, 0.25) is 0 Å². The molecule has 0 aromatic rings. The molecule has 0 heterocycles. The van der Waals surface area contributed by atoms with Crippen LogP contribution < -0.4 is 0 Å². The molecule has 0 aliphatic heterocycles. The SMILES string of the molecule is CCCC(=O)C(=O)[S-].CCCC(=O)C(=O)[S-].CCCC(=O)C(=O)[S-].CCCC(=O)C(=O)[S-].CCCC(=O)C(=O)[S-].CCCC(=O)C(=O)[S-].[Ce+3].[Ce+3]. The predicted octanol–water partition coefficient (Wildman–Crippen LogP) is 2.57. The van der Waals surface area contributed by atoms with E-state index in [-0.39, 0.29) is 83.5 Å². The molecule has 0 unspecified atom stereocenters. The number of carbonyl (C=O) groups excluding carboxylic acids is 12. The molecule has 0 aliphatic carbocycles. The van der Waals surface area contributed by atoms with Crippen LogP contribution >= 0.6 is 0 Å². The minimum Gasteiger partial charge on any atom is -0.734 e. The van der Waals surface area contributed by atoms with Crippen LogP contribution in [-0.2, 0) is 133 Å². The predicted molar refractivity (Wildman–Crippen MR) is 194 cm³/mol. The van der Waals surface area contributed by atoms with Gasteiger partial charge in [-0.25, -0.2) is 0 Å². The molecule has 20 heteroatoms. The fourth-order valence-corrected chi connectivity index (χ4v) is 2.59. The first kappa shape index (κ1) is 68.2. The summed E-state index contributed by atoms with van der Waals surface area (Å²) in [6, 6.07) is 0. The van der Waals surface area contributed by atoms with Crippen molar-refractivity contribution in [3.05, 3.63) is 0 Å². The van der Waals surface area contributed by atoms with Crippen molar-refractivity contribution in [2.75, 3.05) is 0 Å². The van der Waals surface area contributed by atoms with Gasteiger partial charge in [0.05, 0.1) is 30.7 Å². The van der Waals surface area contributed by atoms with Crippen LogP contribution in [0.4, 0.5) is 0 Å². The van der Waals surface area contributed by atoms with Gasteiger partial charge < -0.3 is 105 Å². The third kappa shape index (κ3) is 60.2. The van der Waals surface area contributed by atoms with E-state index in [1.807, 2.05) is 41.5 Å². The van der Waals surface area contributed by atoms with Gasteiger partial charge in [-0.2, -0.15) is 0 Å². The van der Waals surface area contributed by atoms with Gasteiger partial charge in [0, 0.05) is 38.5 Å². The van der Waals surface area contributed by atoms with Crippen molar-refractivity contribution >= 4 is 141 Å². The van der Waals surface area contributed by atoms with Crippen molar-refractivity contribution in [3.8, 4) is 0 Å². The molecular weight excluding hydrogens is 1020 g/mol. The maximum atomic E-state index is 10.3. The molecule has 278 valence electrons. The molecule has 0 atom stereocenters. The van der Waals surface area contributed by atoms with Crippen molar-refractivity contribution in [2.45, 2.75) is 119 Å². The molecule has 0 aliphatic rings. The largest absolute Gasteiger partial charge is 3.00 e. The Morgan fingerprint density at radius 2 is 0.340 bits per heavy atom. The second kappa shape index (κ2) is 49.1. The van der Waals surface area contributed by atoms with Crippen molar-refractivity contribution in [1.82, 2.24) is 0 Å². The Morgan fingerprint density at radius 3 is 0.360 bits per heavy atom. The monoisotopic (exact) mass is 1070 g/mol. The summed E-state index contributed by atoms with van der Waals surface area (Å²) in [5, 5.41) is -4.46. The first-order chi connectivity index (χ1) is 22.1. The summed E-state index contributed by atoms with van der Waals surface area (Å²) in [6.45, 7) is 11.0. The average Bonchev–Trinajstić information content (AvgIpc) is 2.99. The van der Waals surface area contributed by atoms with Crippen molar-refractivity contribution in [3.63, 3.8) is 0 Å². The van der Waals surface area contributed by atoms with E-state index in [9.17, 15) is 57.5 Å². The number of hydrogen-bond donors (Lipinski definition) is 0. The Bertz CT molecular complexity index is 883. The topological polar surface area (TPSA) is 205 Å². The maximum Gasteiger partial charge on any atom is 3.00 e. The molecule has 0 aromatic carbocycles. The van der Waals surface area contributed by atoms with Gasteiger partial charge in [-0.05, 0) is 38.5 Å². The minimum atomic E-state index is -0.744. The van der Waals surface area contributed by atoms with Crippen LogP contribution in [0.5, 0.6) is 0 Å². The Labute approximate surface area is 395 Å². The first-order valence-corrected chi connectivity index (χ1v) is 17.0. The van der Waals surface area contributed by atoms with E-state index >= 15 is 0 Å². The van der Waals surface area contributed by atoms with Gasteiger partial charge in [-0.3, -0.25) is 28.8 Å². The second-order valence-corrected chi connectivity index (χ2v) is 11.0. The van der Waals surface area contributed by atoms with Crippen LogP contribution in [0.2, 0.25) is 0 Å². The number of carbonyl (C=O) groups is 12. The van der Waals surface area contributed by atoms with Gasteiger partial charge in [-0.1, -0.05) is 41.5 Å². The molecule has 0 amide bonds. The maximum absolute atomic E-state index is 10.3. The van der Waals surface area contributed by atoms with Crippen LogP contribution in [0, 0.1) is 83.5 Å². The van der Waals surface area contributed by atoms with Crippen LogP contribution in [0.1, 0.15) is 119 Å². The summed E-state index contributed by atoms with van der Waals surface area (Å²) < 4.78 is 0. The Kier molecular flexibility index (Phi) is 66.9. The summed E-state index contributed by atoms with van der Waals surface area (Å²) >= 11 is 24.5. The van der Waals surface area contributed by atoms with E-state index in [1.54, 1.807) is 0 Å². The van der Waals surface area contributed by atoms with E-state index in [0.717, 1.165) is 0 Å². The molecule has 0 bridgehead atoms. The zero-order valence-corrected chi connectivity index (χ0v) is 40.0. The van der Waals surface area contributed by atoms with Crippen molar-refractivity contribution in [1.29, 1.82) is 0 Å². The quantitative estimate of drug-likeness (QED) is 0.143. The molecule has 0 N–H and O–H groups in total. The molecule has 0 saturated heterocycles. The molecule has 2 radical (unpaired) electrons. The van der Waals surface area contributed by atoms with Gasteiger partial charge in [0.1, 0.15) is 0 Å². The van der Waals surface area contributed by atoms with Crippen molar-refractivity contribution < 1.29 is 141 Å². The van der Waals surface area contributed by atoms with Gasteiger partial charge in [-0.15, -0.1) is 0 Å². The third-order valence-electron chi connectivity index (χ3n) is 4.23. The summed E-state index contributed by atoms with van der Waals surface area (Å²) in [7, 11) is 0. The standard InChI is InChI=1S/6C5H8O2S.2Ce/c6*1-2-3-4(6)5(7)8;;/h6*2-3H2,1H3,(H,7,8);;/q;;;;;;2*+3/p-6. The van der Waals surface area contributed by atoms with E-state index in [1.165, 1.54) is 0 Å². The van der Waals surface area contributed by atoms with E-state index < -0.39 is 65.4 Å². The minimum absolute atomic E-state index is 0. The zero-order valence-electron chi connectivity index (χ0n) is 28.8. The Balaban J connectivity index is -0.0000000700. The molecule has 0 saturated carbocycles. The zero-order chi connectivity index (χ0) is 39.4. The summed E-state index contributed by atoms with van der Waals surface area (Å²) in [5.74, 6) is -2.65. The Hall–Kier alpha value is 0.113. The normalized spacial score (nSPS) is 8.28. The smallest absolute Gasteiger partial charge is 0.734 e. The molecule has 12 nitrogen and oxygen atoms in total. The number of Topliss-reactive ketones (excluding diaryl/α,β-unsaturated/α-hetero) is 6. The molecule has 0 spiro atoms. The van der Waals surface area contributed by atoms with E-state index in [2.05, 4.69) is 75.8 Å². The molecule has 0 fully saturated rings. The van der Waals surface area contributed by atoms with Gasteiger partial charge in [0.25, 0.3) is 0 Å². The summed E-state index contributed by atoms with van der Waals surface area (Å²) in [4.78, 5) is 122. The first-order valence-electron chi connectivity index (χ1n) is 14.5.